The first kappa shape index (κ1) is 19.9. The average Bonchev–Trinajstić information content (AvgIpc) is 3.11. The van der Waals surface area contributed by atoms with Crippen LogP contribution in [0.4, 0.5) is 0 Å². The summed E-state index contributed by atoms with van der Waals surface area (Å²) in [6.07, 6.45) is 1.48. The van der Waals surface area contributed by atoms with E-state index in [4.69, 9.17) is 20.6 Å². The van der Waals surface area contributed by atoms with Crippen molar-refractivity contribution in [3.05, 3.63) is 101 Å². The third-order valence-electron chi connectivity index (χ3n) is 4.26. The number of benzene rings is 3. The van der Waals surface area contributed by atoms with Crippen molar-refractivity contribution in [1.82, 2.24) is 0 Å². The third kappa shape index (κ3) is 4.12. The number of oxime groups is 1. The van der Waals surface area contributed by atoms with E-state index >= 15 is 0 Å². The number of rotatable bonds is 5. The van der Waals surface area contributed by atoms with Crippen molar-refractivity contribution >= 4 is 39.5 Å². The Bertz CT molecular complexity index is 1270. The van der Waals surface area contributed by atoms with Crippen LogP contribution in [0.25, 0.3) is 6.08 Å². The number of carbonyl (C=O) groups excluding carboxylic acids is 1. The quantitative estimate of drug-likeness (QED) is 0.333. The van der Waals surface area contributed by atoms with Gasteiger partial charge in [0.25, 0.3) is 0 Å². The van der Waals surface area contributed by atoms with E-state index in [9.17, 15) is 13.2 Å². The first-order valence-corrected chi connectivity index (χ1v) is 10.6. The molecular formula is C22H14ClNO5S. The van der Waals surface area contributed by atoms with E-state index in [0.717, 1.165) is 0 Å². The topological polar surface area (TPSA) is 82.0 Å². The van der Waals surface area contributed by atoms with Gasteiger partial charge in [-0.2, -0.15) is 8.42 Å². The molecule has 0 N–H and O–H groups in total. The Kier molecular flexibility index (Phi) is 5.39. The smallest absolute Gasteiger partial charge is 0.368 e. The van der Waals surface area contributed by atoms with Crippen molar-refractivity contribution in [2.75, 3.05) is 0 Å². The van der Waals surface area contributed by atoms with E-state index in [0.29, 0.717) is 21.9 Å². The van der Waals surface area contributed by atoms with Gasteiger partial charge in [-0.05, 0) is 36.4 Å². The summed E-state index contributed by atoms with van der Waals surface area (Å²) in [7, 11) is -4.04. The van der Waals surface area contributed by atoms with Crippen molar-refractivity contribution < 1.29 is 22.2 Å². The fraction of sp³-hybridized carbons (Fsp3) is 0. The molecule has 0 aromatic heterocycles. The Labute approximate surface area is 178 Å². The van der Waals surface area contributed by atoms with Gasteiger partial charge in [-0.15, -0.1) is 0 Å². The largest absolute Gasteiger partial charge is 0.378 e. The van der Waals surface area contributed by atoms with Gasteiger partial charge in [0, 0.05) is 16.1 Å². The summed E-state index contributed by atoms with van der Waals surface area (Å²) in [4.78, 5) is 17.1. The second kappa shape index (κ2) is 8.14. The molecule has 6 nitrogen and oxygen atoms in total. The zero-order valence-electron chi connectivity index (χ0n) is 15.4. The van der Waals surface area contributed by atoms with Gasteiger partial charge in [0.1, 0.15) is 16.4 Å². The number of hydrogen-bond donors (Lipinski definition) is 0. The maximum atomic E-state index is 12.6. The summed E-state index contributed by atoms with van der Waals surface area (Å²) >= 11 is 5.92. The van der Waals surface area contributed by atoms with Gasteiger partial charge >= 0.3 is 16.1 Å². The van der Waals surface area contributed by atoms with Crippen LogP contribution < -0.4 is 4.18 Å². The number of para-hydroxylation sites is 1. The van der Waals surface area contributed by atoms with Crippen LogP contribution in [0.2, 0.25) is 5.02 Å². The van der Waals surface area contributed by atoms with Crippen LogP contribution >= 0.6 is 11.6 Å². The molecule has 4 rings (SSSR count). The Morgan fingerprint density at radius 3 is 2.30 bits per heavy atom. The van der Waals surface area contributed by atoms with Crippen LogP contribution in [-0.2, 0) is 19.8 Å². The zero-order chi connectivity index (χ0) is 21.1. The molecule has 3 aromatic carbocycles. The van der Waals surface area contributed by atoms with Crippen LogP contribution in [-0.4, -0.2) is 20.1 Å². The molecule has 0 unspecified atom stereocenters. The lowest BCUT2D eigenvalue weighted by Gasteiger charge is -2.10. The summed E-state index contributed by atoms with van der Waals surface area (Å²) in [5, 5.41) is 4.38. The SMILES string of the molecule is O=C1ON=C(c2ccc(Cl)cc2)/C1=C\c1ccccc1OS(=O)(=O)c1ccccc1. The lowest BCUT2D eigenvalue weighted by Crippen LogP contribution is -2.11. The van der Waals surface area contributed by atoms with E-state index in [-0.39, 0.29) is 16.2 Å². The first-order chi connectivity index (χ1) is 14.4. The van der Waals surface area contributed by atoms with Crippen LogP contribution in [0.1, 0.15) is 11.1 Å². The molecule has 0 spiro atoms. The van der Waals surface area contributed by atoms with E-state index in [2.05, 4.69) is 5.16 Å². The highest BCUT2D eigenvalue weighted by Gasteiger charge is 2.27. The zero-order valence-corrected chi connectivity index (χ0v) is 16.9. The van der Waals surface area contributed by atoms with E-state index in [1.54, 1.807) is 60.7 Å². The maximum Gasteiger partial charge on any atom is 0.368 e. The Balaban J connectivity index is 1.71. The molecule has 1 heterocycles. The van der Waals surface area contributed by atoms with Gasteiger partial charge in [-0.1, -0.05) is 65.3 Å². The first-order valence-electron chi connectivity index (χ1n) is 8.80. The fourth-order valence-corrected chi connectivity index (χ4v) is 3.91. The number of halogens is 1. The number of nitrogens with zero attached hydrogens (tertiary/aromatic N) is 1. The maximum absolute atomic E-state index is 12.6. The molecule has 0 aliphatic carbocycles. The highest BCUT2D eigenvalue weighted by molar-refractivity contribution is 7.87. The highest BCUT2D eigenvalue weighted by atomic mass is 35.5. The molecule has 1 aliphatic rings. The average molecular weight is 440 g/mol. The van der Waals surface area contributed by atoms with Gasteiger partial charge in [-0.3, -0.25) is 0 Å². The Morgan fingerprint density at radius 1 is 0.900 bits per heavy atom. The van der Waals surface area contributed by atoms with Crippen molar-refractivity contribution in [3.8, 4) is 5.75 Å². The van der Waals surface area contributed by atoms with Crippen molar-refractivity contribution in [2.24, 2.45) is 5.16 Å². The van der Waals surface area contributed by atoms with Crippen molar-refractivity contribution in [3.63, 3.8) is 0 Å². The molecule has 0 amide bonds. The van der Waals surface area contributed by atoms with Crippen LogP contribution in [0, 0.1) is 0 Å². The van der Waals surface area contributed by atoms with Gasteiger partial charge in [0.15, 0.2) is 0 Å². The molecule has 30 heavy (non-hydrogen) atoms. The molecule has 3 aromatic rings. The Morgan fingerprint density at radius 2 is 1.57 bits per heavy atom. The van der Waals surface area contributed by atoms with Crippen LogP contribution in [0.5, 0.6) is 5.75 Å². The van der Waals surface area contributed by atoms with Gasteiger partial charge in [-0.25, -0.2) is 4.79 Å². The highest BCUT2D eigenvalue weighted by Crippen LogP contribution is 2.28. The minimum atomic E-state index is -4.04. The molecule has 1 aliphatic heterocycles. The van der Waals surface area contributed by atoms with E-state index in [1.165, 1.54) is 24.3 Å². The standard InChI is InChI=1S/C22H14ClNO5S/c23-17-12-10-15(11-13-17)21-19(22(25)28-24-21)14-16-6-4-5-9-20(16)29-30(26,27)18-7-2-1-3-8-18/h1-14H/b19-14+. The minimum Gasteiger partial charge on any atom is -0.378 e. The summed E-state index contributed by atoms with van der Waals surface area (Å²) in [5.41, 5.74) is 1.50. The van der Waals surface area contributed by atoms with Gasteiger partial charge < -0.3 is 9.02 Å². The number of hydrogen-bond acceptors (Lipinski definition) is 6. The molecular weight excluding hydrogens is 426 g/mol. The molecule has 0 radical (unpaired) electrons. The third-order valence-corrected chi connectivity index (χ3v) is 5.76. The normalized spacial score (nSPS) is 15.0. The molecule has 150 valence electrons. The molecule has 0 saturated heterocycles. The van der Waals surface area contributed by atoms with Crippen LogP contribution in [0.3, 0.4) is 0 Å². The van der Waals surface area contributed by atoms with Gasteiger partial charge in [0.05, 0.1) is 5.57 Å². The summed E-state index contributed by atoms with van der Waals surface area (Å²) < 4.78 is 30.5. The molecule has 0 atom stereocenters. The molecule has 0 fully saturated rings. The molecule has 0 bridgehead atoms. The van der Waals surface area contributed by atoms with E-state index in [1.807, 2.05) is 0 Å². The second-order valence-electron chi connectivity index (χ2n) is 6.27. The predicted octanol–water partition coefficient (Wildman–Crippen LogP) is 4.45. The summed E-state index contributed by atoms with van der Waals surface area (Å²) in [6, 6.07) is 21.0. The lowest BCUT2D eigenvalue weighted by atomic mass is 10.0. The van der Waals surface area contributed by atoms with E-state index < -0.39 is 16.1 Å². The summed E-state index contributed by atoms with van der Waals surface area (Å²) in [6.45, 7) is 0. The van der Waals surface area contributed by atoms with Gasteiger partial charge in [0.2, 0.25) is 0 Å². The number of carbonyl (C=O) groups is 1. The molecule has 0 saturated carbocycles. The minimum absolute atomic E-state index is 0.0242. The fourth-order valence-electron chi connectivity index (χ4n) is 2.81. The van der Waals surface area contributed by atoms with Crippen LogP contribution in [0.15, 0.2) is 94.5 Å². The summed E-state index contributed by atoms with van der Waals surface area (Å²) in [5.74, 6) is -0.579. The van der Waals surface area contributed by atoms with Crippen molar-refractivity contribution in [2.45, 2.75) is 4.90 Å². The Hall–Kier alpha value is -3.42. The molecule has 8 heteroatoms. The predicted molar refractivity (Wildman–Crippen MR) is 113 cm³/mol. The lowest BCUT2D eigenvalue weighted by molar-refractivity contribution is -0.136. The second-order valence-corrected chi connectivity index (χ2v) is 8.25. The monoisotopic (exact) mass is 439 g/mol. The van der Waals surface area contributed by atoms with Crippen molar-refractivity contribution in [1.29, 1.82) is 0 Å².